The van der Waals surface area contributed by atoms with E-state index in [0.717, 1.165) is 0 Å². The van der Waals surface area contributed by atoms with Crippen molar-refractivity contribution in [2.24, 2.45) is 5.73 Å². The van der Waals surface area contributed by atoms with Gasteiger partial charge in [-0.15, -0.1) is 0 Å². The molecule has 1 aromatic rings. The van der Waals surface area contributed by atoms with Crippen LogP contribution in [0.25, 0.3) is 0 Å². The number of fused-ring (bicyclic) bond motifs is 1. The molecule has 5 nitrogen and oxygen atoms in total. The standard InChI is InChI=1S/C10H13NO4/c11-6-14-7-1-2-9-10(3-7)13-5-8(4-12)15-9/h1-3,8,12H,4-6,11H2. The number of nitrogens with two attached hydrogens (primary N) is 1. The van der Waals surface area contributed by atoms with E-state index in [9.17, 15) is 0 Å². The van der Waals surface area contributed by atoms with E-state index in [1.807, 2.05) is 0 Å². The molecule has 0 fully saturated rings. The minimum atomic E-state index is -0.293. The zero-order valence-electron chi connectivity index (χ0n) is 8.18. The van der Waals surface area contributed by atoms with Crippen LogP contribution in [-0.4, -0.2) is 31.2 Å². The quantitative estimate of drug-likeness (QED) is 0.694. The van der Waals surface area contributed by atoms with Gasteiger partial charge in [-0.1, -0.05) is 0 Å². The zero-order chi connectivity index (χ0) is 10.7. The van der Waals surface area contributed by atoms with Gasteiger partial charge in [-0.2, -0.15) is 0 Å². The lowest BCUT2D eigenvalue weighted by Gasteiger charge is -2.25. The first kappa shape index (κ1) is 10.1. The number of hydrogen-bond acceptors (Lipinski definition) is 5. The molecule has 0 saturated carbocycles. The van der Waals surface area contributed by atoms with Crippen molar-refractivity contribution in [2.45, 2.75) is 6.10 Å². The van der Waals surface area contributed by atoms with E-state index in [1.54, 1.807) is 18.2 Å². The third-order valence-electron chi connectivity index (χ3n) is 2.09. The van der Waals surface area contributed by atoms with Crippen molar-refractivity contribution in [2.75, 3.05) is 19.9 Å². The van der Waals surface area contributed by atoms with Crippen molar-refractivity contribution in [3.8, 4) is 17.2 Å². The molecule has 1 unspecified atom stereocenters. The van der Waals surface area contributed by atoms with Crippen LogP contribution in [0.4, 0.5) is 0 Å². The molecule has 1 heterocycles. The zero-order valence-corrected chi connectivity index (χ0v) is 8.18. The second-order valence-electron chi connectivity index (χ2n) is 3.15. The third-order valence-corrected chi connectivity index (χ3v) is 2.09. The lowest BCUT2D eigenvalue weighted by Crippen LogP contribution is -2.32. The molecule has 1 aromatic carbocycles. The summed E-state index contributed by atoms with van der Waals surface area (Å²) in [5, 5.41) is 8.91. The minimum absolute atomic E-state index is 0.0551. The summed E-state index contributed by atoms with van der Waals surface area (Å²) in [5.74, 6) is 1.87. The Labute approximate surface area is 87.4 Å². The summed E-state index contributed by atoms with van der Waals surface area (Å²) in [6.45, 7) is 0.412. The summed E-state index contributed by atoms with van der Waals surface area (Å²) in [7, 11) is 0. The maximum atomic E-state index is 8.91. The predicted molar refractivity (Wildman–Crippen MR) is 53.1 cm³/mol. The van der Waals surface area contributed by atoms with Crippen LogP contribution < -0.4 is 19.9 Å². The number of ether oxygens (including phenoxy) is 3. The van der Waals surface area contributed by atoms with Gasteiger partial charge in [-0.25, -0.2) is 0 Å². The Bertz CT molecular complexity index is 342. The normalized spacial score (nSPS) is 18.7. The summed E-state index contributed by atoms with van der Waals surface area (Å²) in [4.78, 5) is 0. The highest BCUT2D eigenvalue weighted by Gasteiger charge is 2.20. The van der Waals surface area contributed by atoms with Gasteiger partial charge in [0.05, 0.1) is 6.61 Å². The largest absolute Gasteiger partial charge is 0.486 e. The lowest BCUT2D eigenvalue weighted by molar-refractivity contribution is 0.0454. The van der Waals surface area contributed by atoms with E-state index in [4.69, 9.17) is 25.1 Å². The van der Waals surface area contributed by atoms with Gasteiger partial charge >= 0.3 is 0 Å². The van der Waals surface area contributed by atoms with Crippen molar-refractivity contribution in [1.82, 2.24) is 0 Å². The van der Waals surface area contributed by atoms with Gasteiger partial charge < -0.3 is 19.3 Å². The highest BCUT2D eigenvalue weighted by atomic mass is 16.6. The number of hydrogen-bond donors (Lipinski definition) is 2. The third kappa shape index (κ3) is 2.14. The van der Waals surface area contributed by atoms with E-state index in [1.165, 1.54) is 0 Å². The van der Waals surface area contributed by atoms with Crippen LogP contribution in [0, 0.1) is 0 Å². The lowest BCUT2D eigenvalue weighted by atomic mass is 10.2. The molecule has 0 aromatic heterocycles. The highest BCUT2D eigenvalue weighted by molar-refractivity contribution is 5.46. The maximum absolute atomic E-state index is 8.91. The number of aliphatic hydroxyl groups is 1. The summed E-state index contributed by atoms with van der Waals surface area (Å²) in [6.07, 6.45) is -0.293. The smallest absolute Gasteiger partial charge is 0.165 e. The van der Waals surface area contributed by atoms with Gasteiger partial charge in [0.2, 0.25) is 0 Å². The Morgan fingerprint density at radius 1 is 1.47 bits per heavy atom. The van der Waals surface area contributed by atoms with E-state index >= 15 is 0 Å². The Morgan fingerprint density at radius 3 is 3.07 bits per heavy atom. The second kappa shape index (κ2) is 4.37. The van der Waals surface area contributed by atoms with Gasteiger partial charge in [0.15, 0.2) is 17.6 Å². The maximum Gasteiger partial charge on any atom is 0.165 e. The van der Waals surface area contributed by atoms with Gasteiger partial charge in [0.25, 0.3) is 0 Å². The summed E-state index contributed by atoms with van der Waals surface area (Å²) in [5.41, 5.74) is 5.25. The van der Waals surface area contributed by atoms with Crippen molar-refractivity contribution < 1.29 is 19.3 Å². The van der Waals surface area contributed by atoms with Crippen LogP contribution in [-0.2, 0) is 0 Å². The molecule has 15 heavy (non-hydrogen) atoms. The molecule has 0 spiro atoms. The van der Waals surface area contributed by atoms with Gasteiger partial charge in [-0.3, -0.25) is 5.73 Å². The van der Waals surface area contributed by atoms with E-state index in [-0.39, 0.29) is 19.4 Å². The van der Waals surface area contributed by atoms with Crippen LogP contribution in [0.2, 0.25) is 0 Å². The Balaban J connectivity index is 2.17. The van der Waals surface area contributed by atoms with Gasteiger partial charge in [-0.05, 0) is 12.1 Å². The summed E-state index contributed by atoms with van der Waals surface area (Å²) < 4.78 is 16.0. The van der Waals surface area contributed by atoms with Crippen molar-refractivity contribution in [3.63, 3.8) is 0 Å². The van der Waals surface area contributed by atoms with E-state index in [2.05, 4.69) is 0 Å². The molecule has 1 aliphatic rings. The fourth-order valence-electron chi connectivity index (χ4n) is 1.37. The summed E-state index contributed by atoms with van der Waals surface area (Å²) >= 11 is 0. The molecule has 82 valence electrons. The second-order valence-corrected chi connectivity index (χ2v) is 3.15. The molecule has 0 aliphatic carbocycles. The van der Waals surface area contributed by atoms with Crippen LogP contribution in [0.1, 0.15) is 0 Å². The monoisotopic (exact) mass is 211 g/mol. The van der Waals surface area contributed by atoms with Crippen molar-refractivity contribution in [3.05, 3.63) is 18.2 Å². The first-order chi connectivity index (χ1) is 7.33. The Morgan fingerprint density at radius 2 is 2.33 bits per heavy atom. The van der Waals surface area contributed by atoms with Gasteiger partial charge in [0, 0.05) is 6.07 Å². The average molecular weight is 211 g/mol. The van der Waals surface area contributed by atoms with Crippen LogP contribution in [0.3, 0.4) is 0 Å². The molecule has 0 radical (unpaired) electrons. The Hall–Kier alpha value is -1.46. The molecule has 0 bridgehead atoms. The predicted octanol–water partition coefficient (Wildman–Crippen LogP) is 0.114. The van der Waals surface area contributed by atoms with E-state index in [0.29, 0.717) is 23.9 Å². The molecular weight excluding hydrogens is 198 g/mol. The molecule has 1 atom stereocenters. The molecule has 0 saturated heterocycles. The summed E-state index contributed by atoms with van der Waals surface area (Å²) in [6, 6.07) is 5.20. The number of benzene rings is 1. The number of aliphatic hydroxyl groups excluding tert-OH is 1. The molecule has 3 N–H and O–H groups in total. The topological polar surface area (TPSA) is 73.9 Å². The first-order valence-corrected chi connectivity index (χ1v) is 4.70. The molecule has 5 heteroatoms. The van der Waals surface area contributed by atoms with E-state index < -0.39 is 0 Å². The molecule has 2 rings (SSSR count). The van der Waals surface area contributed by atoms with Crippen molar-refractivity contribution >= 4 is 0 Å². The minimum Gasteiger partial charge on any atom is -0.486 e. The first-order valence-electron chi connectivity index (χ1n) is 4.70. The SMILES string of the molecule is NCOc1ccc2c(c1)OCC(CO)O2. The number of rotatable bonds is 3. The van der Waals surface area contributed by atoms with Crippen molar-refractivity contribution in [1.29, 1.82) is 0 Å². The van der Waals surface area contributed by atoms with Crippen LogP contribution in [0.5, 0.6) is 17.2 Å². The van der Waals surface area contributed by atoms with Crippen LogP contribution >= 0.6 is 0 Å². The highest BCUT2D eigenvalue weighted by Crippen LogP contribution is 2.34. The molecular formula is C10H13NO4. The molecule has 1 aliphatic heterocycles. The molecule has 0 amide bonds. The fourth-order valence-corrected chi connectivity index (χ4v) is 1.37. The Kier molecular flexibility index (Phi) is 2.94. The van der Waals surface area contributed by atoms with Crippen LogP contribution in [0.15, 0.2) is 18.2 Å². The van der Waals surface area contributed by atoms with Gasteiger partial charge in [0.1, 0.15) is 19.1 Å². The fraction of sp³-hybridized carbons (Fsp3) is 0.400. The average Bonchev–Trinajstić information content (AvgIpc) is 2.29.